The fourth-order valence-corrected chi connectivity index (χ4v) is 1.77. The minimum Gasteiger partial charge on any atom is -0.364 e. The molecular weight excluding hydrogens is 268 g/mol. The molecule has 0 aromatic carbocycles. The average molecular weight is 279 g/mol. The molecule has 5 heteroatoms. The molecule has 16 heavy (non-hydrogen) atoms. The molecule has 0 atom stereocenters. The molecule has 0 aliphatic carbocycles. The van der Waals surface area contributed by atoms with E-state index in [1.54, 1.807) is 18.7 Å². The second kappa shape index (κ2) is 5.03. The number of nitrogens with zero attached hydrogens (tertiary/aromatic N) is 3. The molecule has 0 aliphatic heterocycles. The second-order valence-corrected chi connectivity index (χ2v) is 4.29. The molecule has 0 amide bonds. The summed E-state index contributed by atoms with van der Waals surface area (Å²) < 4.78 is 0.984. The van der Waals surface area contributed by atoms with Crippen molar-refractivity contribution in [2.75, 3.05) is 5.32 Å². The van der Waals surface area contributed by atoms with E-state index in [2.05, 4.69) is 36.2 Å². The van der Waals surface area contributed by atoms with E-state index in [9.17, 15) is 0 Å². The quantitative estimate of drug-likeness (QED) is 0.938. The molecule has 82 valence electrons. The van der Waals surface area contributed by atoms with Gasteiger partial charge in [0, 0.05) is 16.9 Å². The predicted molar refractivity (Wildman–Crippen MR) is 66.0 cm³/mol. The van der Waals surface area contributed by atoms with E-state index in [1.165, 1.54) is 0 Å². The van der Waals surface area contributed by atoms with E-state index in [0.29, 0.717) is 6.54 Å². The maximum Gasteiger partial charge on any atom is 0.129 e. The van der Waals surface area contributed by atoms with Gasteiger partial charge in [0.2, 0.25) is 0 Å². The summed E-state index contributed by atoms with van der Waals surface area (Å²) in [6, 6.07) is 3.90. The lowest BCUT2D eigenvalue weighted by atomic mass is 10.3. The third-order valence-electron chi connectivity index (χ3n) is 2.13. The Morgan fingerprint density at radius 1 is 1.38 bits per heavy atom. The van der Waals surface area contributed by atoms with Crippen LogP contribution in [-0.2, 0) is 6.54 Å². The highest BCUT2D eigenvalue weighted by Crippen LogP contribution is 2.16. The molecule has 2 aromatic heterocycles. The Morgan fingerprint density at radius 3 is 2.94 bits per heavy atom. The van der Waals surface area contributed by atoms with Crippen LogP contribution in [0.15, 0.2) is 35.3 Å². The SMILES string of the molecule is Cc1cc(Br)cnc1NCc1ccncn1. The summed E-state index contributed by atoms with van der Waals surface area (Å²) in [5.74, 6) is 0.877. The maximum atomic E-state index is 4.29. The van der Waals surface area contributed by atoms with Gasteiger partial charge < -0.3 is 5.32 Å². The van der Waals surface area contributed by atoms with Crippen LogP contribution in [-0.4, -0.2) is 15.0 Å². The lowest BCUT2D eigenvalue weighted by Gasteiger charge is -2.07. The first-order chi connectivity index (χ1) is 7.75. The predicted octanol–water partition coefficient (Wildman–Crippen LogP) is 2.55. The molecule has 0 bridgehead atoms. The Labute approximate surface area is 102 Å². The lowest BCUT2D eigenvalue weighted by molar-refractivity contribution is 0.992. The Morgan fingerprint density at radius 2 is 2.25 bits per heavy atom. The highest BCUT2D eigenvalue weighted by Gasteiger charge is 2.00. The molecule has 4 nitrogen and oxygen atoms in total. The van der Waals surface area contributed by atoms with Gasteiger partial charge in [-0.2, -0.15) is 0 Å². The first-order valence-corrected chi connectivity index (χ1v) is 5.66. The molecule has 0 radical (unpaired) electrons. The summed E-state index contributed by atoms with van der Waals surface area (Å²) in [7, 11) is 0. The number of halogens is 1. The van der Waals surface area contributed by atoms with Crippen molar-refractivity contribution in [1.82, 2.24) is 15.0 Å². The Hall–Kier alpha value is -1.49. The minimum absolute atomic E-state index is 0.651. The van der Waals surface area contributed by atoms with E-state index in [-0.39, 0.29) is 0 Å². The molecule has 2 rings (SSSR count). The van der Waals surface area contributed by atoms with Crippen LogP contribution in [0.25, 0.3) is 0 Å². The van der Waals surface area contributed by atoms with E-state index in [1.807, 2.05) is 19.1 Å². The normalized spacial score (nSPS) is 10.1. The van der Waals surface area contributed by atoms with E-state index in [4.69, 9.17) is 0 Å². The minimum atomic E-state index is 0.651. The van der Waals surface area contributed by atoms with Gasteiger partial charge in [-0.1, -0.05) is 0 Å². The molecule has 0 saturated carbocycles. The highest BCUT2D eigenvalue weighted by atomic mass is 79.9. The van der Waals surface area contributed by atoms with Crippen molar-refractivity contribution in [3.8, 4) is 0 Å². The lowest BCUT2D eigenvalue weighted by Crippen LogP contribution is -2.04. The van der Waals surface area contributed by atoms with E-state index in [0.717, 1.165) is 21.5 Å². The van der Waals surface area contributed by atoms with Crippen molar-refractivity contribution in [3.63, 3.8) is 0 Å². The number of hydrogen-bond acceptors (Lipinski definition) is 4. The topological polar surface area (TPSA) is 50.7 Å². The van der Waals surface area contributed by atoms with E-state index >= 15 is 0 Å². The third kappa shape index (κ3) is 2.76. The van der Waals surface area contributed by atoms with Crippen molar-refractivity contribution in [1.29, 1.82) is 0 Å². The monoisotopic (exact) mass is 278 g/mol. The van der Waals surface area contributed by atoms with Gasteiger partial charge in [0.05, 0.1) is 12.2 Å². The largest absolute Gasteiger partial charge is 0.364 e. The van der Waals surface area contributed by atoms with Gasteiger partial charge in [-0.15, -0.1) is 0 Å². The molecule has 2 heterocycles. The highest BCUT2D eigenvalue weighted by molar-refractivity contribution is 9.10. The van der Waals surface area contributed by atoms with Crippen LogP contribution >= 0.6 is 15.9 Å². The summed E-state index contributed by atoms with van der Waals surface area (Å²) in [6.45, 7) is 2.66. The van der Waals surface area contributed by atoms with Crippen LogP contribution in [0, 0.1) is 6.92 Å². The standard InChI is InChI=1S/C11H11BrN4/c1-8-4-9(12)5-14-11(8)15-6-10-2-3-13-7-16-10/h2-5,7H,6H2,1H3,(H,14,15). The summed E-state index contributed by atoms with van der Waals surface area (Å²) in [6.07, 6.45) is 5.04. The fourth-order valence-electron chi connectivity index (χ4n) is 1.32. The number of aryl methyl sites for hydroxylation is 1. The molecule has 0 fully saturated rings. The molecule has 0 aliphatic rings. The molecule has 0 spiro atoms. The zero-order chi connectivity index (χ0) is 11.4. The molecule has 0 unspecified atom stereocenters. The van der Waals surface area contributed by atoms with Gasteiger partial charge in [0.1, 0.15) is 12.1 Å². The van der Waals surface area contributed by atoms with Crippen LogP contribution < -0.4 is 5.32 Å². The van der Waals surface area contributed by atoms with Crippen LogP contribution in [0.3, 0.4) is 0 Å². The first kappa shape index (κ1) is 11.0. The number of anilines is 1. The number of nitrogens with one attached hydrogen (secondary N) is 1. The number of rotatable bonds is 3. The van der Waals surface area contributed by atoms with Crippen molar-refractivity contribution in [2.45, 2.75) is 13.5 Å². The van der Waals surface area contributed by atoms with Crippen LogP contribution in [0.4, 0.5) is 5.82 Å². The van der Waals surface area contributed by atoms with Gasteiger partial charge in [0.25, 0.3) is 0 Å². The van der Waals surface area contributed by atoms with Gasteiger partial charge >= 0.3 is 0 Å². The third-order valence-corrected chi connectivity index (χ3v) is 2.56. The van der Waals surface area contributed by atoms with Crippen LogP contribution in [0.2, 0.25) is 0 Å². The van der Waals surface area contributed by atoms with Crippen molar-refractivity contribution < 1.29 is 0 Å². The van der Waals surface area contributed by atoms with Gasteiger partial charge in [-0.25, -0.2) is 15.0 Å². The molecule has 2 aromatic rings. The zero-order valence-corrected chi connectivity index (χ0v) is 10.4. The summed E-state index contributed by atoms with van der Waals surface area (Å²) in [4.78, 5) is 12.3. The summed E-state index contributed by atoms with van der Waals surface area (Å²) >= 11 is 3.38. The Kier molecular flexibility index (Phi) is 3.46. The first-order valence-electron chi connectivity index (χ1n) is 4.86. The summed E-state index contributed by atoms with van der Waals surface area (Å²) in [5.41, 5.74) is 2.04. The van der Waals surface area contributed by atoms with Gasteiger partial charge in [-0.05, 0) is 40.5 Å². The zero-order valence-electron chi connectivity index (χ0n) is 8.81. The maximum absolute atomic E-state index is 4.29. The van der Waals surface area contributed by atoms with Gasteiger partial charge in [0.15, 0.2) is 0 Å². The molecular formula is C11H11BrN4. The average Bonchev–Trinajstić information content (AvgIpc) is 2.29. The second-order valence-electron chi connectivity index (χ2n) is 3.37. The van der Waals surface area contributed by atoms with Crippen LogP contribution in [0.5, 0.6) is 0 Å². The number of pyridine rings is 1. The molecule has 0 saturated heterocycles. The summed E-state index contributed by atoms with van der Waals surface area (Å²) in [5, 5.41) is 3.23. The van der Waals surface area contributed by atoms with Crippen molar-refractivity contribution in [3.05, 3.63) is 46.6 Å². The smallest absolute Gasteiger partial charge is 0.129 e. The van der Waals surface area contributed by atoms with E-state index < -0.39 is 0 Å². The molecule has 1 N–H and O–H groups in total. The number of hydrogen-bond donors (Lipinski definition) is 1. The van der Waals surface area contributed by atoms with Crippen LogP contribution in [0.1, 0.15) is 11.3 Å². The Bertz CT molecular complexity index is 473. The van der Waals surface area contributed by atoms with Gasteiger partial charge in [-0.3, -0.25) is 0 Å². The van der Waals surface area contributed by atoms with Crippen molar-refractivity contribution in [2.24, 2.45) is 0 Å². The van der Waals surface area contributed by atoms with Crippen molar-refractivity contribution >= 4 is 21.7 Å². The fraction of sp³-hybridized carbons (Fsp3) is 0.182. The number of aromatic nitrogens is 3. The Balaban J connectivity index is 2.05.